The summed E-state index contributed by atoms with van der Waals surface area (Å²) in [5, 5.41) is 0. The number of hydrogen-bond donors (Lipinski definition) is 0. The fraction of sp³-hybridized carbons (Fsp3) is 0.571. The quantitative estimate of drug-likeness (QED) is 0.540. The van der Waals surface area contributed by atoms with Crippen LogP contribution in [0, 0.1) is 6.92 Å². The predicted molar refractivity (Wildman–Crippen MR) is 94.4 cm³/mol. The lowest BCUT2D eigenvalue weighted by molar-refractivity contribution is 0.590. The van der Waals surface area contributed by atoms with Gasteiger partial charge >= 0.3 is 0 Å². The molecule has 0 saturated heterocycles. The van der Waals surface area contributed by atoms with Gasteiger partial charge in [-0.3, -0.25) is 0 Å². The lowest BCUT2D eigenvalue weighted by Crippen LogP contribution is -2.10. The van der Waals surface area contributed by atoms with Crippen molar-refractivity contribution < 1.29 is 1.43 Å². The van der Waals surface area contributed by atoms with Crippen LogP contribution in [-0.2, 0) is 5.41 Å². The molecular formula is C14H36P2. The van der Waals surface area contributed by atoms with Crippen molar-refractivity contribution in [3.63, 3.8) is 0 Å². The Kier molecular flexibility index (Phi) is 21.5. The second-order valence-electron chi connectivity index (χ2n) is 4.12. The van der Waals surface area contributed by atoms with Crippen molar-refractivity contribution in [1.82, 2.24) is 0 Å². The highest BCUT2D eigenvalue weighted by molar-refractivity contribution is 6.92. The van der Waals surface area contributed by atoms with Crippen LogP contribution >= 0.6 is 19.8 Å². The first-order valence-electron chi connectivity index (χ1n) is 4.07. The van der Waals surface area contributed by atoms with Crippen molar-refractivity contribution >= 4 is 19.8 Å². The number of rotatable bonds is 0. The Labute approximate surface area is 112 Å². The normalized spacial score (nSPS) is 8.00. The Morgan fingerprint density at radius 2 is 1.12 bits per heavy atom. The average molecular weight is 267 g/mol. The molecule has 0 bridgehead atoms. The van der Waals surface area contributed by atoms with Crippen LogP contribution in [0.4, 0.5) is 0 Å². The maximum Gasteiger partial charge on any atom is 0 e. The van der Waals surface area contributed by atoms with Gasteiger partial charge in [0.2, 0.25) is 0 Å². The first-order chi connectivity index (χ1) is 5.00. The summed E-state index contributed by atoms with van der Waals surface area (Å²) >= 11 is 0. The van der Waals surface area contributed by atoms with E-state index in [4.69, 9.17) is 0 Å². The number of hydrogen-bond acceptors (Lipinski definition) is 0. The van der Waals surface area contributed by atoms with E-state index < -0.39 is 0 Å². The number of aryl methyl sites for hydroxylation is 1. The zero-order valence-corrected chi connectivity index (χ0v) is 12.1. The molecule has 0 aliphatic carbocycles. The molecule has 0 saturated carbocycles. The molecule has 1 aromatic rings. The number of benzene rings is 1. The first kappa shape index (κ1) is 29.8. The molecule has 0 fully saturated rings. The Balaban J connectivity index is -0.0000000504. The smallest absolute Gasteiger partial charge is 0 e. The van der Waals surface area contributed by atoms with E-state index in [1.807, 2.05) is 0 Å². The van der Waals surface area contributed by atoms with Crippen LogP contribution < -0.4 is 0 Å². The molecule has 0 amide bonds. The van der Waals surface area contributed by atoms with Crippen LogP contribution in [0.3, 0.4) is 0 Å². The molecule has 0 heterocycles. The van der Waals surface area contributed by atoms with Crippen LogP contribution in [-0.4, -0.2) is 0 Å². The highest BCUT2D eigenvalue weighted by Gasteiger charge is 2.11. The topological polar surface area (TPSA) is 0 Å². The standard InChI is InChI=1S/C11H16.3CH4.2H3P.H2/c1-9-5-7-10(8-6-9)11(2,3)4;;;;;;/h5-8H,1-4H3;3*1H4;2*1H3;1H/i;;;;;;1+1. The fourth-order valence-electron chi connectivity index (χ4n) is 1.05. The molecule has 16 heavy (non-hydrogen) atoms. The van der Waals surface area contributed by atoms with Gasteiger partial charge in [0.05, 0.1) is 0 Å². The van der Waals surface area contributed by atoms with Gasteiger partial charge in [-0.15, -0.1) is 0 Å². The predicted octanol–water partition coefficient (Wildman–Crippen LogP) is 5.56. The van der Waals surface area contributed by atoms with Gasteiger partial charge in [0.1, 0.15) is 0 Å². The van der Waals surface area contributed by atoms with Gasteiger partial charge in [-0.05, 0) is 17.9 Å². The summed E-state index contributed by atoms with van der Waals surface area (Å²) in [6.07, 6.45) is 0. The van der Waals surface area contributed by atoms with E-state index in [2.05, 4.69) is 52.0 Å². The monoisotopic (exact) mass is 267 g/mol. The van der Waals surface area contributed by atoms with E-state index in [0.29, 0.717) is 0 Å². The lowest BCUT2D eigenvalue weighted by atomic mass is 9.87. The van der Waals surface area contributed by atoms with Gasteiger partial charge in [0.15, 0.2) is 0 Å². The van der Waals surface area contributed by atoms with Crippen molar-refractivity contribution in [2.75, 3.05) is 0 Å². The summed E-state index contributed by atoms with van der Waals surface area (Å²) in [4.78, 5) is 0. The van der Waals surface area contributed by atoms with Crippen LogP contribution in [0.15, 0.2) is 24.3 Å². The van der Waals surface area contributed by atoms with Gasteiger partial charge in [0.25, 0.3) is 0 Å². The van der Waals surface area contributed by atoms with E-state index in [-0.39, 0.29) is 48.9 Å². The molecular weight excluding hydrogens is 230 g/mol. The zero-order chi connectivity index (χ0) is 8.48. The summed E-state index contributed by atoms with van der Waals surface area (Å²) in [6.45, 7) is 8.82. The van der Waals surface area contributed by atoms with E-state index in [1.54, 1.807) is 0 Å². The van der Waals surface area contributed by atoms with Crippen LogP contribution in [0.25, 0.3) is 0 Å². The first-order valence-corrected chi connectivity index (χ1v) is 4.07. The minimum absolute atomic E-state index is 0. The van der Waals surface area contributed by atoms with Crippen LogP contribution in [0.1, 0.15) is 55.6 Å². The summed E-state index contributed by atoms with van der Waals surface area (Å²) in [7, 11) is 0. The summed E-state index contributed by atoms with van der Waals surface area (Å²) in [5.41, 5.74) is 3.02. The van der Waals surface area contributed by atoms with Crippen LogP contribution in [0.5, 0.6) is 0 Å². The van der Waals surface area contributed by atoms with E-state index >= 15 is 0 Å². The highest BCUT2D eigenvalue weighted by Crippen LogP contribution is 2.21. The van der Waals surface area contributed by atoms with Gasteiger partial charge in [-0.25, -0.2) is 0 Å². The average Bonchev–Trinajstić information content (AvgIpc) is 1.86. The van der Waals surface area contributed by atoms with E-state index in [0.717, 1.165) is 0 Å². The second kappa shape index (κ2) is 11.6. The molecule has 1 rings (SSSR count). The minimum atomic E-state index is 0. The van der Waals surface area contributed by atoms with Gasteiger partial charge < -0.3 is 0 Å². The molecule has 0 nitrogen and oxygen atoms in total. The summed E-state index contributed by atoms with van der Waals surface area (Å²) in [6, 6.07) is 8.74. The van der Waals surface area contributed by atoms with Crippen molar-refractivity contribution in [2.45, 2.75) is 55.4 Å². The Morgan fingerprint density at radius 3 is 1.38 bits per heavy atom. The fourth-order valence-corrected chi connectivity index (χ4v) is 1.05. The summed E-state index contributed by atoms with van der Waals surface area (Å²) in [5.74, 6) is 0. The molecule has 2 heteroatoms. The zero-order valence-electron chi connectivity index (χ0n) is 9.22. The maximum atomic E-state index is 2.23. The van der Waals surface area contributed by atoms with Crippen LogP contribution in [0.2, 0.25) is 0 Å². The minimum Gasteiger partial charge on any atom is -0.153 e. The Bertz CT molecular complexity index is 237. The third-order valence-electron chi connectivity index (χ3n) is 1.92. The van der Waals surface area contributed by atoms with Crippen molar-refractivity contribution in [1.29, 1.82) is 0 Å². The largest absolute Gasteiger partial charge is 0.153 e. The molecule has 0 aliphatic heterocycles. The SMILES string of the molecule is C.C.C.Cc1ccc(C(C)(C)C)cc1.P.P.[2HH]. The molecule has 0 aliphatic rings. The third kappa shape index (κ3) is 9.32. The second-order valence-corrected chi connectivity index (χ2v) is 4.12. The summed E-state index contributed by atoms with van der Waals surface area (Å²) < 4.78 is 0. The Morgan fingerprint density at radius 1 is 0.812 bits per heavy atom. The van der Waals surface area contributed by atoms with Crippen molar-refractivity contribution in [2.24, 2.45) is 0 Å². The molecule has 1 aromatic carbocycles. The molecule has 2 unspecified atom stereocenters. The molecule has 2 atom stereocenters. The highest BCUT2D eigenvalue weighted by atomic mass is 31.0. The molecule has 0 spiro atoms. The van der Waals surface area contributed by atoms with E-state index in [1.165, 1.54) is 11.1 Å². The molecule has 0 N–H and O–H groups in total. The third-order valence-corrected chi connectivity index (χ3v) is 1.92. The van der Waals surface area contributed by atoms with E-state index in [9.17, 15) is 0 Å². The maximum absolute atomic E-state index is 2.23. The van der Waals surface area contributed by atoms with Gasteiger partial charge in [0, 0.05) is 1.43 Å². The Hall–Kier alpha value is 0.0800. The van der Waals surface area contributed by atoms with Crippen molar-refractivity contribution in [3.05, 3.63) is 35.4 Å². The van der Waals surface area contributed by atoms with Gasteiger partial charge in [-0.2, -0.15) is 19.8 Å². The van der Waals surface area contributed by atoms with Crippen molar-refractivity contribution in [3.8, 4) is 0 Å². The molecule has 0 aromatic heterocycles. The molecule has 0 radical (unpaired) electrons. The molecule has 102 valence electrons. The lowest BCUT2D eigenvalue weighted by Gasteiger charge is -2.18. The van der Waals surface area contributed by atoms with Gasteiger partial charge in [-0.1, -0.05) is 72.9 Å².